The molecule has 0 fully saturated rings. The van der Waals surface area contributed by atoms with Gasteiger partial charge >= 0.3 is 0 Å². The minimum atomic E-state index is -1.70. The van der Waals surface area contributed by atoms with Crippen LogP contribution in [0.25, 0.3) is 11.2 Å². The second-order valence-electron chi connectivity index (χ2n) is 7.03. The van der Waals surface area contributed by atoms with E-state index in [4.69, 9.17) is 4.43 Å². The summed E-state index contributed by atoms with van der Waals surface area (Å²) in [4.78, 5) is 12.6. The van der Waals surface area contributed by atoms with E-state index >= 15 is 0 Å². The van der Waals surface area contributed by atoms with Crippen molar-refractivity contribution < 1.29 is 9.53 Å². The molecule has 0 amide bonds. The minimum Gasteiger partial charge on any atom is -0.417 e. The number of rotatable bonds is 6. The van der Waals surface area contributed by atoms with Crippen LogP contribution in [0, 0.1) is 0 Å². The van der Waals surface area contributed by atoms with Crippen LogP contribution in [0.3, 0.4) is 0 Å². The normalized spacial score (nSPS) is 13.0. The van der Waals surface area contributed by atoms with Crippen molar-refractivity contribution >= 4 is 19.5 Å². The van der Waals surface area contributed by atoms with Gasteiger partial charge in [-0.25, -0.2) is 15.0 Å². The van der Waals surface area contributed by atoms with E-state index in [1.54, 1.807) is 6.20 Å². The van der Waals surface area contributed by atoms with Crippen molar-refractivity contribution in [1.29, 1.82) is 0 Å². The lowest BCUT2D eigenvalue weighted by Crippen LogP contribution is -2.41. The first-order valence-electron chi connectivity index (χ1n) is 7.66. The Bertz CT molecular complexity index is 634. The summed E-state index contributed by atoms with van der Waals surface area (Å²) in [5.41, 5.74) is 1.49. The van der Waals surface area contributed by atoms with Crippen molar-refractivity contribution in [1.82, 2.24) is 19.5 Å². The van der Waals surface area contributed by atoms with Gasteiger partial charge in [-0.15, -0.1) is 0 Å². The van der Waals surface area contributed by atoms with Gasteiger partial charge in [-0.1, -0.05) is 20.8 Å². The number of hydrogen-bond donors (Lipinski definition) is 1. The first-order chi connectivity index (χ1) is 10.3. The highest BCUT2D eigenvalue weighted by Gasteiger charge is 2.36. The van der Waals surface area contributed by atoms with E-state index in [0.29, 0.717) is 12.4 Å². The predicted molar refractivity (Wildman–Crippen MR) is 89.0 cm³/mol. The lowest BCUT2D eigenvalue weighted by atomic mass is 10.2. The van der Waals surface area contributed by atoms with Crippen LogP contribution in [0.15, 0.2) is 12.5 Å². The molecule has 2 aromatic rings. The molecule has 0 saturated heterocycles. The molecule has 0 aliphatic carbocycles. The highest BCUT2D eigenvalue weighted by molar-refractivity contribution is 6.74. The lowest BCUT2D eigenvalue weighted by molar-refractivity contribution is 0.256. The number of aliphatic hydroxyl groups excluding tert-OH is 1. The van der Waals surface area contributed by atoms with Crippen LogP contribution in [-0.4, -0.2) is 39.5 Å². The number of nitrogens with zero attached hydrogens (tertiary/aromatic N) is 4. The molecule has 7 heteroatoms. The molecule has 6 nitrogen and oxygen atoms in total. The number of aliphatic hydroxyl groups is 1. The van der Waals surface area contributed by atoms with Gasteiger partial charge in [0.25, 0.3) is 0 Å². The van der Waals surface area contributed by atoms with Gasteiger partial charge < -0.3 is 14.1 Å². The fraction of sp³-hybridized carbons (Fsp3) is 0.667. The number of aryl methyl sites for hydroxylation is 1. The molecule has 2 aromatic heterocycles. The molecular formula is C15H26N4O2Si. The summed E-state index contributed by atoms with van der Waals surface area (Å²) >= 11 is 0. The molecule has 0 saturated carbocycles. The second-order valence-corrected chi connectivity index (χ2v) is 11.8. The average Bonchev–Trinajstić information content (AvgIpc) is 2.80. The molecule has 2 rings (SSSR count). The number of fused-ring (bicyclic) bond motifs is 1. The maximum Gasteiger partial charge on any atom is 0.191 e. The van der Waals surface area contributed by atoms with E-state index in [1.807, 2.05) is 4.57 Å². The van der Waals surface area contributed by atoms with Gasteiger partial charge in [0.05, 0.1) is 6.20 Å². The fourth-order valence-corrected chi connectivity index (χ4v) is 3.13. The van der Waals surface area contributed by atoms with Crippen molar-refractivity contribution in [3.05, 3.63) is 18.3 Å². The van der Waals surface area contributed by atoms with Gasteiger partial charge in [0, 0.05) is 13.2 Å². The number of aromatic nitrogens is 4. The van der Waals surface area contributed by atoms with E-state index in [1.165, 1.54) is 6.33 Å². The summed E-state index contributed by atoms with van der Waals surface area (Å²) in [6.45, 7) is 12.6. The molecular weight excluding hydrogens is 296 g/mol. The summed E-state index contributed by atoms with van der Waals surface area (Å²) in [7, 11) is -1.70. The van der Waals surface area contributed by atoms with Gasteiger partial charge in [-0.3, -0.25) is 0 Å². The molecule has 0 aliphatic rings. The topological polar surface area (TPSA) is 73.1 Å². The molecule has 0 aromatic carbocycles. The molecule has 0 atom stereocenters. The highest BCUT2D eigenvalue weighted by atomic mass is 28.4. The Balaban J connectivity index is 2.01. The van der Waals surface area contributed by atoms with Gasteiger partial charge in [0.15, 0.2) is 14.0 Å². The zero-order valence-electron chi connectivity index (χ0n) is 14.1. The van der Waals surface area contributed by atoms with E-state index < -0.39 is 8.32 Å². The Morgan fingerprint density at radius 3 is 2.68 bits per heavy atom. The maximum atomic E-state index is 9.46. The van der Waals surface area contributed by atoms with Crippen LogP contribution in [0.5, 0.6) is 0 Å². The number of hydrogen-bond acceptors (Lipinski definition) is 5. The van der Waals surface area contributed by atoms with E-state index in [2.05, 4.69) is 48.8 Å². The van der Waals surface area contributed by atoms with Crippen molar-refractivity contribution in [3.8, 4) is 0 Å². The number of imidazole rings is 1. The van der Waals surface area contributed by atoms with Gasteiger partial charge in [-0.05, 0) is 24.6 Å². The molecule has 2 heterocycles. The molecule has 1 N–H and O–H groups in total. The van der Waals surface area contributed by atoms with Crippen molar-refractivity contribution in [2.45, 2.75) is 58.5 Å². The molecule has 0 unspecified atom stereocenters. The summed E-state index contributed by atoms with van der Waals surface area (Å²) in [6.07, 6.45) is 4.05. The summed E-state index contributed by atoms with van der Waals surface area (Å²) in [5, 5.41) is 9.68. The van der Waals surface area contributed by atoms with Gasteiger partial charge in [0.2, 0.25) is 0 Å². The monoisotopic (exact) mass is 322 g/mol. The van der Waals surface area contributed by atoms with Crippen LogP contribution in [0.1, 0.15) is 33.0 Å². The third kappa shape index (κ3) is 3.53. The third-order valence-corrected chi connectivity index (χ3v) is 8.96. The Kier molecular flexibility index (Phi) is 4.99. The van der Waals surface area contributed by atoms with Gasteiger partial charge in [0.1, 0.15) is 24.3 Å². The smallest absolute Gasteiger partial charge is 0.191 e. The molecule has 0 radical (unpaired) electrons. The molecule has 22 heavy (non-hydrogen) atoms. The Hall–Kier alpha value is -1.31. The summed E-state index contributed by atoms with van der Waals surface area (Å²) in [5.74, 6) is 0.628. The first-order valence-corrected chi connectivity index (χ1v) is 10.6. The van der Waals surface area contributed by atoms with Crippen LogP contribution >= 0.6 is 0 Å². The van der Waals surface area contributed by atoms with Crippen molar-refractivity contribution in [2.75, 3.05) is 6.61 Å². The average molecular weight is 322 g/mol. The first kappa shape index (κ1) is 17.0. The van der Waals surface area contributed by atoms with Gasteiger partial charge in [-0.2, -0.15) is 0 Å². The summed E-state index contributed by atoms with van der Waals surface area (Å²) in [6, 6.07) is 0. The SMILES string of the molecule is CC(C)(C)[Si](C)(C)OCCCn1c(CO)nc2cncnc21. The van der Waals surface area contributed by atoms with Crippen molar-refractivity contribution in [2.24, 2.45) is 0 Å². The second kappa shape index (κ2) is 6.43. The molecule has 0 aliphatic heterocycles. The Labute approximate surface area is 132 Å². The van der Waals surface area contributed by atoms with Crippen molar-refractivity contribution in [3.63, 3.8) is 0 Å². The zero-order valence-corrected chi connectivity index (χ0v) is 15.1. The van der Waals surface area contributed by atoms with Crippen LogP contribution in [0.4, 0.5) is 0 Å². The van der Waals surface area contributed by atoms with Crippen LogP contribution in [-0.2, 0) is 17.6 Å². The quantitative estimate of drug-likeness (QED) is 0.654. The molecule has 0 bridgehead atoms. The lowest BCUT2D eigenvalue weighted by Gasteiger charge is -2.36. The Morgan fingerprint density at radius 1 is 1.32 bits per heavy atom. The molecule has 122 valence electrons. The van der Waals surface area contributed by atoms with E-state index in [0.717, 1.165) is 24.1 Å². The largest absolute Gasteiger partial charge is 0.417 e. The maximum absolute atomic E-state index is 9.46. The minimum absolute atomic E-state index is 0.0978. The summed E-state index contributed by atoms with van der Waals surface area (Å²) < 4.78 is 8.14. The fourth-order valence-electron chi connectivity index (χ4n) is 2.05. The molecule has 0 spiro atoms. The third-order valence-electron chi connectivity index (χ3n) is 4.43. The highest BCUT2D eigenvalue weighted by Crippen LogP contribution is 2.36. The standard InChI is InChI=1S/C15H26N4O2Si/c1-15(2,3)22(4,5)21-8-6-7-19-13(10-20)18-12-9-16-11-17-14(12)19/h9,11,20H,6-8,10H2,1-5H3. The van der Waals surface area contributed by atoms with E-state index in [9.17, 15) is 5.11 Å². The predicted octanol–water partition coefficient (Wildman–Crippen LogP) is 2.73. The van der Waals surface area contributed by atoms with Crippen LogP contribution in [0.2, 0.25) is 18.1 Å². The Morgan fingerprint density at radius 2 is 2.05 bits per heavy atom. The van der Waals surface area contributed by atoms with Crippen LogP contribution < -0.4 is 0 Å². The van der Waals surface area contributed by atoms with E-state index in [-0.39, 0.29) is 11.6 Å². The zero-order chi connectivity index (χ0) is 16.4.